The molecule has 3 rings (SSSR count). The van der Waals surface area contributed by atoms with Gasteiger partial charge in [-0.25, -0.2) is 14.8 Å². The summed E-state index contributed by atoms with van der Waals surface area (Å²) in [4.78, 5) is 34.5. The molecule has 0 fully saturated rings. The van der Waals surface area contributed by atoms with Gasteiger partial charge in [0.05, 0.1) is 31.9 Å². The standard InChI is InChI=1S/C24H28F3N5O4/c1-5-32(23(34)30-19(24(25,26)27)13-20(33)36-6-2)15(3)16-8-7-9-17(12-16)18-14-31-11-10-28-21(31)22(29-18)35-4/h7-12,14-15,19H,5-6,13H2,1-4H3,(H,30,34)/t15-,19?/m1/s1. The highest BCUT2D eigenvalue weighted by Gasteiger charge is 2.43. The summed E-state index contributed by atoms with van der Waals surface area (Å²) in [5, 5.41) is 1.95. The zero-order valence-electron chi connectivity index (χ0n) is 20.4. The topological polar surface area (TPSA) is 98.1 Å². The van der Waals surface area contributed by atoms with Crippen LogP contribution in [0.5, 0.6) is 5.88 Å². The highest BCUT2D eigenvalue weighted by molar-refractivity contribution is 5.77. The molecule has 0 aliphatic heterocycles. The van der Waals surface area contributed by atoms with E-state index in [1.165, 1.54) is 18.9 Å². The van der Waals surface area contributed by atoms with Gasteiger partial charge in [0.25, 0.3) is 5.88 Å². The van der Waals surface area contributed by atoms with Gasteiger partial charge in [-0.1, -0.05) is 18.2 Å². The van der Waals surface area contributed by atoms with Gasteiger partial charge in [0.1, 0.15) is 6.04 Å². The molecular weight excluding hydrogens is 479 g/mol. The van der Waals surface area contributed by atoms with Crippen LogP contribution in [0.25, 0.3) is 16.9 Å². The number of rotatable bonds is 9. The summed E-state index contributed by atoms with van der Waals surface area (Å²) in [7, 11) is 1.49. The number of alkyl halides is 3. The number of aromatic nitrogens is 3. The predicted octanol–water partition coefficient (Wildman–Crippen LogP) is 4.38. The van der Waals surface area contributed by atoms with E-state index in [-0.39, 0.29) is 13.2 Å². The summed E-state index contributed by atoms with van der Waals surface area (Å²) in [6.07, 6.45) is -0.666. The van der Waals surface area contributed by atoms with Crippen molar-refractivity contribution in [3.63, 3.8) is 0 Å². The van der Waals surface area contributed by atoms with Crippen molar-refractivity contribution in [1.29, 1.82) is 0 Å². The third-order valence-corrected chi connectivity index (χ3v) is 5.64. The Bertz CT molecular complexity index is 1210. The van der Waals surface area contributed by atoms with Crippen molar-refractivity contribution in [3.8, 4) is 17.1 Å². The molecule has 2 atom stereocenters. The minimum Gasteiger partial charge on any atom is -0.478 e. The van der Waals surface area contributed by atoms with Gasteiger partial charge in [0.15, 0.2) is 5.65 Å². The van der Waals surface area contributed by atoms with Crippen LogP contribution in [0.1, 0.15) is 38.8 Å². The second kappa shape index (κ2) is 11.3. The first-order chi connectivity index (χ1) is 17.1. The highest BCUT2D eigenvalue weighted by Crippen LogP contribution is 2.29. The maximum absolute atomic E-state index is 13.5. The van der Waals surface area contributed by atoms with Crippen LogP contribution in [0.3, 0.4) is 0 Å². The van der Waals surface area contributed by atoms with E-state index in [2.05, 4.69) is 14.7 Å². The second-order valence-corrected chi connectivity index (χ2v) is 7.93. The van der Waals surface area contributed by atoms with Crippen molar-refractivity contribution >= 4 is 17.6 Å². The molecule has 2 amide bonds. The maximum atomic E-state index is 13.5. The van der Waals surface area contributed by atoms with Crippen LogP contribution in [0, 0.1) is 0 Å². The van der Waals surface area contributed by atoms with Crippen LogP contribution in [-0.4, -0.2) is 63.7 Å². The molecule has 0 aliphatic rings. The van der Waals surface area contributed by atoms with E-state index in [4.69, 9.17) is 4.74 Å². The van der Waals surface area contributed by atoms with E-state index >= 15 is 0 Å². The average molecular weight is 508 g/mol. The van der Waals surface area contributed by atoms with Crippen molar-refractivity contribution in [2.75, 3.05) is 20.3 Å². The number of hydrogen-bond donors (Lipinski definition) is 1. The van der Waals surface area contributed by atoms with Crippen LogP contribution in [-0.2, 0) is 9.53 Å². The normalized spacial score (nSPS) is 13.2. The number of amides is 2. The minimum atomic E-state index is -4.82. The largest absolute Gasteiger partial charge is 0.478 e. The fourth-order valence-corrected chi connectivity index (χ4v) is 3.78. The zero-order valence-corrected chi connectivity index (χ0v) is 20.4. The predicted molar refractivity (Wildman–Crippen MR) is 125 cm³/mol. The van der Waals surface area contributed by atoms with Gasteiger partial charge in [-0.05, 0) is 32.4 Å². The number of carbonyl (C=O) groups excluding carboxylic acids is 2. The minimum absolute atomic E-state index is 0.0552. The third kappa shape index (κ3) is 6.04. The van der Waals surface area contributed by atoms with Crippen molar-refractivity contribution in [2.24, 2.45) is 0 Å². The fourth-order valence-electron chi connectivity index (χ4n) is 3.78. The highest BCUT2D eigenvalue weighted by atomic mass is 19.4. The van der Waals surface area contributed by atoms with Gasteiger partial charge in [-0.3, -0.25) is 4.79 Å². The lowest BCUT2D eigenvalue weighted by molar-refractivity contribution is -0.168. The summed E-state index contributed by atoms with van der Waals surface area (Å²) in [6.45, 7) is 4.94. The van der Waals surface area contributed by atoms with Crippen molar-refractivity contribution < 1.29 is 32.2 Å². The van der Waals surface area contributed by atoms with Gasteiger partial charge in [-0.15, -0.1) is 0 Å². The molecule has 2 heterocycles. The maximum Gasteiger partial charge on any atom is 0.409 e. The molecule has 9 nitrogen and oxygen atoms in total. The molecule has 3 aromatic rings. The molecular formula is C24H28F3N5O4. The lowest BCUT2D eigenvalue weighted by atomic mass is 10.0. The summed E-state index contributed by atoms with van der Waals surface area (Å²) in [5.41, 5.74) is 2.55. The second-order valence-electron chi connectivity index (χ2n) is 7.93. The number of esters is 1. The van der Waals surface area contributed by atoms with Crippen LogP contribution in [0.15, 0.2) is 42.9 Å². The number of methoxy groups -OCH3 is 1. The van der Waals surface area contributed by atoms with E-state index < -0.39 is 36.7 Å². The molecule has 12 heteroatoms. The number of ether oxygens (including phenoxy) is 2. The molecule has 0 aliphatic carbocycles. The Labute approximate surface area is 206 Å². The summed E-state index contributed by atoms with van der Waals surface area (Å²) in [6, 6.07) is 3.30. The van der Waals surface area contributed by atoms with Gasteiger partial charge in [0.2, 0.25) is 0 Å². The quantitative estimate of drug-likeness (QED) is 0.432. The Kier molecular flexibility index (Phi) is 8.38. The average Bonchev–Trinajstić information content (AvgIpc) is 3.32. The molecule has 0 saturated carbocycles. The van der Waals surface area contributed by atoms with Gasteiger partial charge in [0, 0.05) is 30.7 Å². The van der Waals surface area contributed by atoms with Gasteiger partial charge >= 0.3 is 18.2 Å². The first kappa shape index (κ1) is 26.8. The molecule has 2 aromatic heterocycles. The van der Waals surface area contributed by atoms with E-state index in [0.29, 0.717) is 22.8 Å². The molecule has 0 bridgehead atoms. The Morgan fingerprint density at radius 3 is 2.64 bits per heavy atom. The van der Waals surface area contributed by atoms with Gasteiger partial charge < -0.3 is 24.1 Å². The van der Waals surface area contributed by atoms with Crippen LogP contribution in [0.4, 0.5) is 18.0 Å². The number of halogens is 3. The van der Waals surface area contributed by atoms with E-state index in [9.17, 15) is 22.8 Å². The molecule has 1 aromatic carbocycles. The van der Waals surface area contributed by atoms with E-state index in [0.717, 1.165) is 5.56 Å². The summed E-state index contributed by atoms with van der Waals surface area (Å²) in [5.74, 6) is -0.702. The van der Waals surface area contributed by atoms with E-state index in [1.54, 1.807) is 49.0 Å². The number of nitrogens with zero attached hydrogens (tertiary/aromatic N) is 4. The number of hydrogen-bond acceptors (Lipinski definition) is 6. The summed E-state index contributed by atoms with van der Waals surface area (Å²) >= 11 is 0. The van der Waals surface area contributed by atoms with Gasteiger partial charge in [-0.2, -0.15) is 13.2 Å². The third-order valence-electron chi connectivity index (χ3n) is 5.64. The van der Waals surface area contributed by atoms with Crippen molar-refractivity contribution in [1.82, 2.24) is 24.6 Å². The number of imidazole rings is 1. The number of nitrogens with one attached hydrogen (secondary N) is 1. The zero-order chi connectivity index (χ0) is 26.5. The molecule has 194 valence electrons. The molecule has 0 radical (unpaired) electrons. The SMILES string of the molecule is CCOC(=O)CC(NC(=O)N(CC)[C@H](C)c1cccc(-c2cn3ccnc3c(OC)n2)c1)C(F)(F)F. The molecule has 0 saturated heterocycles. The lowest BCUT2D eigenvalue weighted by Gasteiger charge is -2.31. The van der Waals surface area contributed by atoms with Crippen LogP contribution in [0.2, 0.25) is 0 Å². The molecule has 1 unspecified atom stereocenters. The Balaban J connectivity index is 1.84. The van der Waals surface area contributed by atoms with Crippen molar-refractivity contribution in [2.45, 2.75) is 45.5 Å². The summed E-state index contributed by atoms with van der Waals surface area (Å²) < 4.78 is 52.2. The number of carbonyl (C=O) groups is 2. The van der Waals surface area contributed by atoms with Crippen molar-refractivity contribution in [3.05, 3.63) is 48.4 Å². The number of urea groups is 1. The van der Waals surface area contributed by atoms with Crippen LogP contribution < -0.4 is 10.1 Å². The molecule has 0 spiro atoms. The molecule has 1 N–H and O–H groups in total. The van der Waals surface area contributed by atoms with Crippen LogP contribution >= 0.6 is 0 Å². The lowest BCUT2D eigenvalue weighted by Crippen LogP contribution is -2.52. The first-order valence-electron chi connectivity index (χ1n) is 11.4. The Morgan fingerprint density at radius 2 is 2.00 bits per heavy atom. The Morgan fingerprint density at radius 1 is 1.25 bits per heavy atom. The van der Waals surface area contributed by atoms with E-state index in [1.807, 2.05) is 17.4 Å². The monoisotopic (exact) mass is 507 g/mol. The fraction of sp³-hybridized carbons (Fsp3) is 0.417. The number of fused-ring (bicyclic) bond motifs is 1. The smallest absolute Gasteiger partial charge is 0.409 e. The first-order valence-corrected chi connectivity index (χ1v) is 11.4. The Hall–Kier alpha value is -3.83. The molecule has 36 heavy (non-hydrogen) atoms. The number of benzene rings is 1.